The first kappa shape index (κ1) is 14.0. The zero-order valence-electron chi connectivity index (χ0n) is 12.0. The van der Waals surface area contributed by atoms with Crippen LogP contribution >= 0.6 is 0 Å². The molecule has 0 amide bonds. The monoisotopic (exact) mass is 256 g/mol. The Labute approximate surface area is 116 Å². The Balaban J connectivity index is 1.86. The van der Waals surface area contributed by atoms with Gasteiger partial charge in [0.15, 0.2) is 0 Å². The topological polar surface area (TPSA) is 24.1 Å². The number of aryl methyl sites for hydroxylation is 1. The zero-order valence-corrected chi connectivity index (χ0v) is 12.0. The van der Waals surface area contributed by atoms with Gasteiger partial charge in [0.25, 0.3) is 0 Å². The summed E-state index contributed by atoms with van der Waals surface area (Å²) in [7, 11) is 0. The maximum atomic E-state index is 3.46. The Morgan fingerprint density at radius 2 is 1.58 bits per heavy atom. The van der Waals surface area contributed by atoms with Crippen LogP contribution in [0.3, 0.4) is 0 Å². The predicted molar refractivity (Wildman–Crippen MR) is 83.8 cm³/mol. The van der Waals surface area contributed by atoms with Gasteiger partial charge in [-0.1, -0.05) is 48.9 Å². The average Bonchev–Trinajstić information content (AvgIpc) is 2.43. The zero-order chi connectivity index (χ0) is 13.5. The van der Waals surface area contributed by atoms with Crippen molar-refractivity contribution in [2.45, 2.75) is 20.3 Å². The van der Waals surface area contributed by atoms with Crippen molar-refractivity contribution in [2.24, 2.45) is 0 Å². The Kier molecular flexibility index (Phi) is 5.37. The molecule has 19 heavy (non-hydrogen) atoms. The number of hydrogen-bond acceptors (Lipinski definition) is 2. The van der Waals surface area contributed by atoms with Gasteiger partial charge in [0.1, 0.15) is 0 Å². The van der Waals surface area contributed by atoms with Crippen molar-refractivity contribution < 1.29 is 0 Å². The summed E-state index contributed by atoms with van der Waals surface area (Å²) in [6.07, 6.45) is 1.09. The van der Waals surface area contributed by atoms with E-state index in [9.17, 15) is 0 Å². The van der Waals surface area contributed by atoms with Crippen molar-refractivity contribution in [3.05, 3.63) is 47.5 Å². The van der Waals surface area contributed by atoms with Crippen LogP contribution in [-0.4, -0.2) is 26.2 Å². The number of benzene rings is 2. The Hall–Kier alpha value is -1.38. The molecule has 2 aromatic rings. The van der Waals surface area contributed by atoms with Crippen LogP contribution in [0.2, 0.25) is 0 Å². The van der Waals surface area contributed by atoms with E-state index in [-0.39, 0.29) is 0 Å². The fourth-order valence-electron chi connectivity index (χ4n) is 2.28. The minimum absolute atomic E-state index is 1.04. The van der Waals surface area contributed by atoms with E-state index in [4.69, 9.17) is 0 Å². The lowest BCUT2D eigenvalue weighted by Crippen LogP contribution is -2.28. The average molecular weight is 256 g/mol. The molecule has 0 saturated heterocycles. The first-order valence-electron chi connectivity index (χ1n) is 7.20. The van der Waals surface area contributed by atoms with E-state index in [0.29, 0.717) is 0 Å². The minimum atomic E-state index is 1.04. The lowest BCUT2D eigenvalue weighted by atomic mass is 10.0. The Bertz CT molecular complexity index is 520. The molecule has 0 aliphatic heterocycles. The molecule has 102 valence electrons. The predicted octanol–water partition coefficient (Wildman–Crippen LogP) is 2.89. The molecule has 0 heterocycles. The first-order valence-corrected chi connectivity index (χ1v) is 7.20. The van der Waals surface area contributed by atoms with E-state index in [0.717, 1.165) is 32.6 Å². The van der Waals surface area contributed by atoms with Crippen LogP contribution in [-0.2, 0) is 6.42 Å². The van der Waals surface area contributed by atoms with Crippen molar-refractivity contribution in [2.75, 3.05) is 26.2 Å². The highest BCUT2D eigenvalue weighted by atomic mass is 14.9. The van der Waals surface area contributed by atoms with E-state index in [2.05, 4.69) is 60.9 Å². The van der Waals surface area contributed by atoms with E-state index >= 15 is 0 Å². The number of rotatable bonds is 7. The number of hydrogen-bond donors (Lipinski definition) is 2. The Morgan fingerprint density at radius 3 is 2.42 bits per heavy atom. The molecule has 0 aromatic heterocycles. The number of likely N-dealkylation sites (N-methyl/N-ethyl adjacent to an activating group) is 1. The molecule has 0 unspecified atom stereocenters. The van der Waals surface area contributed by atoms with Crippen LogP contribution in [0.4, 0.5) is 0 Å². The van der Waals surface area contributed by atoms with Gasteiger partial charge in [-0.3, -0.25) is 0 Å². The largest absolute Gasteiger partial charge is 0.316 e. The van der Waals surface area contributed by atoms with E-state index in [1.807, 2.05) is 0 Å². The van der Waals surface area contributed by atoms with Crippen molar-refractivity contribution in [1.82, 2.24) is 10.6 Å². The van der Waals surface area contributed by atoms with Crippen molar-refractivity contribution in [3.63, 3.8) is 0 Å². The van der Waals surface area contributed by atoms with Crippen LogP contribution in [0.15, 0.2) is 36.4 Å². The van der Waals surface area contributed by atoms with Crippen molar-refractivity contribution in [3.8, 4) is 0 Å². The molecular weight excluding hydrogens is 232 g/mol. The smallest absolute Gasteiger partial charge is 0.00768 e. The highest BCUT2D eigenvalue weighted by Crippen LogP contribution is 2.17. The summed E-state index contributed by atoms with van der Waals surface area (Å²) in [6, 6.07) is 13.4. The van der Waals surface area contributed by atoms with Crippen LogP contribution in [0, 0.1) is 6.92 Å². The van der Waals surface area contributed by atoms with Crippen LogP contribution in [0.25, 0.3) is 10.8 Å². The highest BCUT2D eigenvalue weighted by molar-refractivity contribution is 5.83. The molecule has 0 atom stereocenters. The molecule has 0 fully saturated rings. The third kappa shape index (κ3) is 4.34. The molecule has 0 radical (unpaired) electrons. The van der Waals surface area contributed by atoms with Crippen molar-refractivity contribution >= 4 is 10.8 Å². The molecule has 0 saturated carbocycles. The van der Waals surface area contributed by atoms with Gasteiger partial charge in [0.05, 0.1) is 0 Å². The van der Waals surface area contributed by atoms with Gasteiger partial charge in [0.2, 0.25) is 0 Å². The molecule has 2 heteroatoms. The molecule has 0 bridgehead atoms. The van der Waals surface area contributed by atoms with Gasteiger partial charge in [0, 0.05) is 13.1 Å². The Morgan fingerprint density at radius 1 is 0.842 bits per heavy atom. The van der Waals surface area contributed by atoms with E-state index < -0.39 is 0 Å². The second-order valence-electron chi connectivity index (χ2n) is 5.04. The summed E-state index contributed by atoms with van der Waals surface area (Å²) in [5, 5.41) is 9.46. The molecule has 2 rings (SSSR count). The van der Waals surface area contributed by atoms with Crippen LogP contribution < -0.4 is 10.6 Å². The lowest BCUT2D eigenvalue weighted by Gasteiger charge is -2.07. The summed E-state index contributed by atoms with van der Waals surface area (Å²) in [4.78, 5) is 0. The summed E-state index contributed by atoms with van der Waals surface area (Å²) < 4.78 is 0. The SMILES string of the molecule is CCNCCNCCc1ccc2cc(C)ccc2c1. The number of fused-ring (bicyclic) bond motifs is 1. The standard InChI is InChI=1S/C17H24N2/c1-3-18-10-11-19-9-8-15-5-7-16-12-14(2)4-6-17(16)13-15/h4-7,12-13,18-19H,3,8-11H2,1-2H3. The summed E-state index contributed by atoms with van der Waals surface area (Å²) in [5.41, 5.74) is 2.73. The van der Waals surface area contributed by atoms with Crippen LogP contribution in [0.5, 0.6) is 0 Å². The molecule has 2 nitrogen and oxygen atoms in total. The summed E-state index contributed by atoms with van der Waals surface area (Å²) in [5.74, 6) is 0. The highest BCUT2D eigenvalue weighted by Gasteiger charge is 1.97. The third-order valence-corrected chi connectivity index (χ3v) is 3.38. The third-order valence-electron chi connectivity index (χ3n) is 3.38. The van der Waals surface area contributed by atoms with Gasteiger partial charge >= 0.3 is 0 Å². The molecule has 0 aliphatic carbocycles. The molecule has 0 spiro atoms. The lowest BCUT2D eigenvalue weighted by molar-refractivity contribution is 0.625. The quantitative estimate of drug-likeness (QED) is 0.744. The fraction of sp³-hybridized carbons (Fsp3) is 0.412. The fourth-order valence-corrected chi connectivity index (χ4v) is 2.28. The van der Waals surface area contributed by atoms with Gasteiger partial charge in [-0.05, 0) is 42.8 Å². The van der Waals surface area contributed by atoms with Gasteiger partial charge in [-0.2, -0.15) is 0 Å². The van der Waals surface area contributed by atoms with Gasteiger partial charge in [-0.25, -0.2) is 0 Å². The minimum Gasteiger partial charge on any atom is -0.316 e. The summed E-state index contributed by atoms with van der Waals surface area (Å²) in [6.45, 7) is 8.46. The molecular formula is C17H24N2. The van der Waals surface area contributed by atoms with Crippen LogP contribution in [0.1, 0.15) is 18.1 Å². The maximum Gasteiger partial charge on any atom is 0.00768 e. The van der Waals surface area contributed by atoms with E-state index in [1.165, 1.54) is 21.9 Å². The molecule has 2 N–H and O–H groups in total. The second-order valence-corrected chi connectivity index (χ2v) is 5.04. The van der Waals surface area contributed by atoms with Crippen molar-refractivity contribution in [1.29, 1.82) is 0 Å². The van der Waals surface area contributed by atoms with Gasteiger partial charge in [-0.15, -0.1) is 0 Å². The molecule has 2 aromatic carbocycles. The van der Waals surface area contributed by atoms with Gasteiger partial charge < -0.3 is 10.6 Å². The second kappa shape index (κ2) is 7.27. The summed E-state index contributed by atoms with van der Waals surface area (Å²) >= 11 is 0. The van der Waals surface area contributed by atoms with E-state index in [1.54, 1.807) is 0 Å². The normalized spacial score (nSPS) is 11.1. The maximum absolute atomic E-state index is 3.46. The molecule has 0 aliphatic rings. The first-order chi connectivity index (χ1) is 9.29. The number of nitrogens with one attached hydrogen (secondary N) is 2.